The number of imidazole rings is 1. The number of carbonyl (C=O) groups excluding carboxylic acids is 1. The predicted octanol–water partition coefficient (Wildman–Crippen LogP) is 4.22. The van der Waals surface area contributed by atoms with Gasteiger partial charge in [-0.05, 0) is 49.1 Å². The maximum absolute atomic E-state index is 12.6. The molecule has 30 heavy (non-hydrogen) atoms. The number of thioether (sulfide) groups is 1. The standard InChI is InChI=1S/C20H22ClN3O4S2/c1-3-4-9-24-18-8-6-14(30(22,26)27)11-17(18)23-19(24)12-28-20(25)15-10-13(29-2)5-7-16(15)21/h5-8,10-11H,3-4,9,12H2,1-2H3,(H2,22,26,27). The summed E-state index contributed by atoms with van der Waals surface area (Å²) in [6.45, 7) is 2.66. The van der Waals surface area contributed by atoms with Gasteiger partial charge in [-0.1, -0.05) is 24.9 Å². The molecule has 0 fully saturated rings. The third-order valence-electron chi connectivity index (χ3n) is 4.59. The molecule has 0 aliphatic heterocycles. The Bertz CT molecular complexity index is 1190. The zero-order valence-electron chi connectivity index (χ0n) is 16.6. The number of hydrogen-bond acceptors (Lipinski definition) is 6. The van der Waals surface area contributed by atoms with Crippen LogP contribution in [-0.4, -0.2) is 30.2 Å². The average Bonchev–Trinajstić information content (AvgIpc) is 3.06. The van der Waals surface area contributed by atoms with Crippen molar-refractivity contribution in [3.05, 3.63) is 52.8 Å². The van der Waals surface area contributed by atoms with Crippen molar-refractivity contribution in [2.45, 2.75) is 42.7 Å². The highest BCUT2D eigenvalue weighted by atomic mass is 35.5. The number of hydrogen-bond donors (Lipinski definition) is 1. The molecule has 3 rings (SSSR count). The molecular weight excluding hydrogens is 446 g/mol. The summed E-state index contributed by atoms with van der Waals surface area (Å²) in [6.07, 6.45) is 3.76. The first kappa shape index (κ1) is 22.6. The normalized spacial score (nSPS) is 11.7. The summed E-state index contributed by atoms with van der Waals surface area (Å²) in [4.78, 5) is 18.0. The minimum Gasteiger partial charge on any atom is -0.454 e. The summed E-state index contributed by atoms with van der Waals surface area (Å²) < 4.78 is 30.7. The molecule has 0 radical (unpaired) electrons. The van der Waals surface area contributed by atoms with Gasteiger partial charge in [0.05, 0.1) is 26.5 Å². The average molecular weight is 468 g/mol. The van der Waals surface area contributed by atoms with Gasteiger partial charge in [-0.2, -0.15) is 0 Å². The number of ether oxygens (including phenoxy) is 1. The third kappa shape index (κ3) is 4.97. The van der Waals surface area contributed by atoms with E-state index in [1.54, 1.807) is 18.2 Å². The molecule has 0 aliphatic carbocycles. The Kier molecular flexibility index (Phi) is 7.07. The molecule has 0 bridgehead atoms. The highest BCUT2D eigenvalue weighted by molar-refractivity contribution is 7.98. The largest absolute Gasteiger partial charge is 0.454 e. The maximum Gasteiger partial charge on any atom is 0.340 e. The van der Waals surface area contributed by atoms with Gasteiger partial charge in [-0.25, -0.2) is 23.3 Å². The number of nitrogens with two attached hydrogens (primary N) is 1. The Morgan fingerprint density at radius 3 is 2.70 bits per heavy atom. The Morgan fingerprint density at radius 1 is 1.27 bits per heavy atom. The van der Waals surface area contributed by atoms with Crippen molar-refractivity contribution in [2.75, 3.05) is 6.26 Å². The van der Waals surface area contributed by atoms with Crippen LogP contribution < -0.4 is 5.14 Å². The first-order valence-electron chi connectivity index (χ1n) is 9.27. The second-order valence-electron chi connectivity index (χ2n) is 6.65. The summed E-state index contributed by atoms with van der Waals surface area (Å²) in [6, 6.07) is 9.73. The van der Waals surface area contributed by atoms with Crippen molar-refractivity contribution in [1.29, 1.82) is 0 Å². The third-order valence-corrected chi connectivity index (χ3v) is 6.55. The molecule has 3 aromatic rings. The van der Waals surface area contributed by atoms with Gasteiger partial charge in [-0.15, -0.1) is 11.8 Å². The molecule has 10 heteroatoms. The van der Waals surface area contributed by atoms with E-state index in [-0.39, 0.29) is 17.1 Å². The SMILES string of the molecule is CCCCn1c(COC(=O)c2cc(SC)ccc2Cl)nc2cc(S(N)(=O)=O)ccc21. The van der Waals surface area contributed by atoms with Crippen LogP contribution in [0.3, 0.4) is 0 Å². The van der Waals surface area contributed by atoms with Crippen molar-refractivity contribution in [3.8, 4) is 0 Å². The van der Waals surface area contributed by atoms with Crippen LogP contribution in [0.5, 0.6) is 0 Å². The molecular formula is C20H22ClN3O4S2. The van der Waals surface area contributed by atoms with E-state index in [1.807, 2.05) is 16.9 Å². The van der Waals surface area contributed by atoms with Gasteiger partial charge in [0.25, 0.3) is 0 Å². The minimum absolute atomic E-state index is 0.0145. The summed E-state index contributed by atoms with van der Waals surface area (Å²) in [7, 11) is -3.84. The molecule has 160 valence electrons. The van der Waals surface area contributed by atoms with Crippen LogP contribution >= 0.6 is 23.4 Å². The van der Waals surface area contributed by atoms with E-state index in [1.165, 1.54) is 23.9 Å². The summed E-state index contributed by atoms with van der Waals surface area (Å²) in [5.74, 6) is -0.0225. The number of aromatic nitrogens is 2. The van der Waals surface area contributed by atoms with Gasteiger partial charge in [-0.3, -0.25) is 0 Å². The number of primary sulfonamides is 1. The lowest BCUT2D eigenvalue weighted by atomic mass is 10.2. The van der Waals surface area contributed by atoms with Crippen LogP contribution in [0.4, 0.5) is 0 Å². The molecule has 0 atom stereocenters. The van der Waals surface area contributed by atoms with E-state index in [4.69, 9.17) is 21.5 Å². The van der Waals surface area contributed by atoms with Crippen molar-refractivity contribution in [2.24, 2.45) is 5.14 Å². The van der Waals surface area contributed by atoms with E-state index in [2.05, 4.69) is 11.9 Å². The second-order valence-corrected chi connectivity index (χ2v) is 9.50. The molecule has 0 amide bonds. The monoisotopic (exact) mass is 467 g/mol. The lowest BCUT2D eigenvalue weighted by Gasteiger charge is -2.10. The van der Waals surface area contributed by atoms with Crippen molar-refractivity contribution in [3.63, 3.8) is 0 Å². The zero-order valence-corrected chi connectivity index (χ0v) is 19.0. The molecule has 0 spiro atoms. The number of halogens is 1. The Morgan fingerprint density at radius 2 is 2.03 bits per heavy atom. The fourth-order valence-corrected chi connectivity index (χ4v) is 4.18. The van der Waals surface area contributed by atoms with Crippen LogP contribution in [-0.2, 0) is 27.9 Å². The Balaban J connectivity index is 1.91. The van der Waals surface area contributed by atoms with E-state index >= 15 is 0 Å². The first-order valence-corrected chi connectivity index (χ1v) is 12.4. The molecule has 2 aromatic carbocycles. The number of esters is 1. The van der Waals surface area contributed by atoms with Crippen LogP contribution in [0.2, 0.25) is 5.02 Å². The lowest BCUT2D eigenvalue weighted by molar-refractivity contribution is 0.0458. The summed E-state index contributed by atoms with van der Waals surface area (Å²) in [5, 5.41) is 5.54. The van der Waals surface area contributed by atoms with Gasteiger partial charge >= 0.3 is 5.97 Å². The van der Waals surface area contributed by atoms with Gasteiger partial charge in [0.15, 0.2) is 0 Å². The number of benzene rings is 2. The highest BCUT2D eigenvalue weighted by Gasteiger charge is 2.18. The number of unbranched alkanes of at least 4 members (excludes halogenated alkanes) is 1. The van der Waals surface area contributed by atoms with Gasteiger partial charge < -0.3 is 9.30 Å². The van der Waals surface area contributed by atoms with Crippen molar-refractivity contribution >= 4 is 50.4 Å². The molecule has 7 nitrogen and oxygen atoms in total. The van der Waals surface area contributed by atoms with Gasteiger partial charge in [0, 0.05) is 11.4 Å². The van der Waals surface area contributed by atoms with Crippen LogP contribution in [0.15, 0.2) is 46.2 Å². The lowest BCUT2D eigenvalue weighted by Crippen LogP contribution is -2.12. The topological polar surface area (TPSA) is 104 Å². The molecule has 0 unspecified atom stereocenters. The van der Waals surface area contributed by atoms with Crippen molar-refractivity contribution < 1.29 is 17.9 Å². The van der Waals surface area contributed by atoms with Crippen LogP contribution in [0, 0.1) is 0 Å². The smallest absolute Gasteiger partial charge is 0.340 e. The van der Waals surface area contributed by atoms with E-state index in [9.17, 15) is 13.2 Å². The van der Waals surface area contributed by atoms with E-state index in [0.717, 1.165) is 23.3 Å². The highest BCUT2D eigenvalue weighted by Crippen LogP contribution is 2.25. The molecule has 0 saturated heterocycles. The summed E-state index contributed by atoms with van der Waals surface area (Å²) in [5.41, 5.74) is 1.52. The second kappa shape index (κ2) is 9.38. The quantitative estimate of drug-likeness (QED) is 0.393. The number of carbonyl (C=O) groups is 1. The Hall–Kier alpha value is -2.07. The van der Waals surface area contributed by atoms with E-state index in [0.29, 0.717) is 22.9 Å². The first-order chi connectivity index (χ1) is 14.2. The van der Waals surface area contributed by atoms with Crippen molar-refractivity contribution in [1.82, 2.24) is 9.55 Å². The molecule has 1 heterocycles. The number of fused-ring (bicyclic) bond motifs is 1. The van der Waals surface area contributed by atoms with Crippen LogP contribution in [0.1, 0.15) is 35.9 Å². The molecule has 0 saturated carbocycles. The fraction of sp³-hybridized carbons (Fsp3) is 0.300. The predicted molar refractivity (Wildman–Crippen MR) is 118 cm³/mol. The summed E-state index contributed by atoms with van der Waals surface area (Å²) >= 11 is 7.65. The fourth-order valence-electron chi connectivity index (χ4n) is 3.01. The zero-order chi connectivity index (χ0) is 21.9. The van der Waals surface area contributed by atoms with E-state index < -0.39 is 16.0 Å². The Labute approximate surface area is 184 Å². The number of sulfonamides is 1. The molecule has 2 N–H and O–H groups in total. The molecule has 0 aliphatic rings. The van der Waals surface area contributed by atoms with Gasteiger partial charge in [0.1, 0.15) is 12.4 Å². The maximum atomic E-state index is 12.6. The number of aryl methyl sites for hydroxylation is 1. The minimum atomic E-state index is -3.84. The number of nitrogens with zero attached hydrogens (tertiary/aromatic N) is 2. The number of rotatable bonds is 8. The van der Waals surface area contributed by atoms with Gasteiger partial charge in [0.2, 0.25) is 10.0 Å². The van der Waals surface area contributed by atoms with Crippen LogP contribution in [0.25, 0.3) is 11.0 Å². The molecule has 1 aromatic heterocycles.